The van der Waals surface area contributed by atoms with Crippen LogP contribution >= 0.6 is 0 Å². The standard InChI is InChI=1S/C11H11FO/c1-7-3-2-4-10(12)11(7)8-5-9(13)6-8/h2-4,8H,5-6H2,1H3. The SMILES string of the molecule is Cc1cccc(F)c1C1CC(=O)C1. The first-order valence-corrected chi connectivity index (χ1v) is 4.45. The largest absolute Gasteiger partial charge is 0.300 e. The fourth-order valence-electron chi connectivity index (χ4n) is 1.86. The van der Waals surface area contributed by atoms with Gasteiger partial charge in [-0.25, -0.2) is 4.39 Å². The van der Waals surface area contributed by atoms with Crippen molar-refractivity contribution >= 4 is 5.78 Å². The van der Waals surface area contributed by atoms with Crippen LogP contribution in [-0.2, 0) is 4.79 Å². The zero-order valence-corrected chi connectivity index (χ0v) is 7.51. The van der Waals surface area contributed by atoms with Crippen LogP contribution in [0.2, 0.25) is 0 Å². The van der Waals surface area contributed by atoms with Crippen molar-refractivity contribution in [3.05, 3.63) is 35.1 Å². The zero-order chi connectivity index (χ0) is 9.42. The molecule has 2 heteroatoms. The van der Waals surface area contributed by atoms with Crippen LogP contribution in [0.15, 0.2) is 18.2 Å². The average Bonchev–Trinajstić information content (AvgIpc) is 2.00. The molecule has 0 N–H and O–H groups in total. The first-order valence-electron chi connectivity index (χ1n) is 4.45. The molecule has 0 atom stereocenters. The van der Waals surface area contributed by atoms with Gasteiger partial charge in [-0.1, -0.05) is 12.1 Å². The molecule has 1 aromatic carbocycles. The molecule has 0 aromatic heterocycles. The van der Waals surface area contributed by atoms with Crippen LogP contribution in [0.25, 0.3) is 0 Å². The molecular formula is C11H11FO. The summed E-state index contributed by atoms with van der Waals surface area (Å²) in [5, 5.41) is 0. The lowest BCUT2D eigenvalue weighted by Crippen LogP contribution is -2.22. The highest BCUT2D eigenvalue weighted by atomic mass is 19.1. The Morgan fingerprint density at radius 3 is 2.62 bits per heavy atom. The third-order valence-electron chi connectivity index (χ3n) is 2.63. The van der Waals surface area contributed by atoms with E-state index in [1.807, 2.05) is 13.0 Å². The monoisotopic (exact) mass is 178 g/mol. The van der Waals surface area contributed by atoms with Gasteiger partial charge in [0.2, 0.25) is 0 Å². The van der Waals surface area contributed by atoms with Gasteiger partial charge in [0, 0.05) is 18.8 Å². The van der Waals surface area contributed by atoms with E-state index in [0.29, 0.717) is 12.8 Å². The van der Waals surface area contributed by atoms with Crippen molar-refractivity contribution in [1.29, 1.82) is 0 Å². The summed E-state index contributed by atoms with van der Waals surface area (Å²) in [4.78, 5) is 10.8. The molecule has 0 heterocycles. The Morgan fingerprint density at radius 1 is 1.38 bits per heavy atom. The Kier molecular flexibility index (Phi) is 1.91. The van der Waals surface area contributed by atoms with Crippen molar-refractivity contribution in [2.24, 2.45) is 0 Å². The maximum Gasteiger partial charge on any atom is 0.134 e. The van der Waals surface area contributed by atoms with Gasteiger partial charge in [0.05, 0.1) is 0 Å². The summed E-state index contributed by atoms with van der Waals surface area (Å²) in [6, 6.07) is 5.06. The van der Waals surface area contributed by atoms with Crippen LogP contribution in [0, 0.1) is 12.7 Å². The van der Waals surface area contributed by atoms with Gasteiger partial charge < -0.3 is 0 Å². The van der Waals surface area contributed by atoms with Gasteiger partial charge in [0.15, 0.2) is 0 Å². The molecular weight excluding hydrogens is 167 g/mol. The highest BCUT2D eigenvalue weighted by molar-refractivity contribution is 5.86. The van der Waals surface area contributed by atoms with E-state index in [4.69, 9.17) is 0 Å². The molecule has 0 unspecified atom stereocenters. The van der Waals surface area contributed by atoms with E-state index < -0.39 is 0 Å². The van der Waals surface area contributed by atoms with Gasteiger partial charge in [-0.05, 0) is 24.1 Å². The number of carbonyl (C=O) groups is 1. The van der Waals surface area contributed by atoms with Crippen LogP contribution in [0.5, 0.6) is 0 Å². The van der Waals surface area contributed by atoms with E-state index in [2.05, 4.69) is 0 Å². The number of aryl methyl sites for hydroxylation is 1. The summed E-state index contributed by atoms with van der Waals surface area (Å²) >= 11 is 0. The third-order valence-corrected chi connectivity index (χ3v) is 2.63. The van der Waals surface area contributed by atoms with Gasteiger partial charge in [-0.15, -0.1) is 0 Å². The van der Waals surface area contributed by atoms with Crippen molar-refractivity contribution < 1.29 is 9.18 Å². The predicted octanol–water partition coefficient (Wildman–Crippen LogP) is 2.58. The molecule has 2 rings (SSSR count). The molecule has 0 bridgehead atoms. The smallest absolute Gasteiger partial charge is 0.134 e. The van der Waals surface area contributed by atoms with Gasteiger partial charge in [0.1, 0.15) is 11.6 Å². The maximum absolute atomic E-state index is 13.3. The van der Waals surface area contributed by atoms with E-state index in [1.165, 1.54) is 6.07 Å². The Hall–Kier alpha value is -1.18. The molecule has 1 aromatic rings. The molecule has 0 spiro atoms. The maximum atomic E-state index is 13.3. The summed E-state index contributed by atoms with van der Waals surface area (Å²) in [5.41, 5.74) is 1.69. The van der Waals surface area contributed by atoms with Gasteiger partial charge in [-0.2, -0.15) is 0 Å². The molecule has 68 valence electrons. The topological polar surface area (TPSA) is 17.1 Å². The molecule has 13 heavy (non-hydrogen) atoms. The second-order valence-corrected chi connectivity index (χ2v) is 3.61. The van der Waals surface area contributed by atoms with E-state index in [9.17, 15) is 9.18 Å². The van der Waals surface area contributed by atoms with Crippen molar-refractivity contribution in [1.82, 2.24) is 0 Å². The fraction of sp³-hybridized carbons (Fsp3) is 0.364. The van der Waals surface area contributed by atoms with Crippen LogP contribution in [-0.4, -0.2) is 5.78 Å². The lowest BCUT2D eigenvalue weighted by molar-refractivity contribution is -0.124. The molecule has 1 nitrogen and oxygen atoms in total. The number of rotatable bonds is 1. The third kappa shape index (κ3) is 1.37. The number of hydrogen-bond donors (Lipinski definition) is 0. The molecule has 0 aliphatic heterocycles. The fourth-order valence-corrected chi connectivity index (χ4v) is 1.86. The Bertz CT molecular complexity index is 329. The second-order valence-electron chi connectivity index (χ2n) is 3.61. The summed E-state index contributed by atoms with van der Waals surface area (Å²) in [7, 11) is 0. The molecule has 1 fully saturated rings. The number of carbonyl (C=O) groups excluding carboxylic acids is 1. The number of ketones is 1. The van der Waals surface area contributed by atoms with Crippen molar-refractivity contribution in [2.45, 2.75) is 25.7 Å². The molecule has 0 saturated heterocycles. The highest BCUT2D eigenvalue weighted by Crippen LogP contribution is 2.36. The van der Waals surface area contributed by atoms with E-state index in [1.54, 1.807) is 6.07 Å². The van der Waals surface area contributed by atoms with E-state index in [0.717, 1.165) is 11.1 Å². The number of benzene rings is 1. The van der Waals surface area contributed by atoms with E-state index >= 15 is 0 Å². The lowest BCUT2D eigenvalue weighted by Gasteiger charge is -2.26. The van der Waals surface area contributed by atoms with Gasteiger partial charge in [0.25, 0.3) is 0 Å². The Morgan fingerprint density at radius 2 is 2.08 bits per heavy atom. The Balaban J connectivity index is 2.34. The van der Waals surface area contributed by atoms with Crippen molar-refractivity contribution in [3.8, 4) is 0 Å². The molecule has 1 aliphatic rings. The van der Waals surface area contributed by atoms with Crippen LogP contribution in [0.3, 0.4) is 0 Å². The summed E-state index contributed by atoms with van der Waals surface area (Å²) < 4.78 is 13.3. The van der Waals surface area contributed by atoms with Crippen LogP contribution in [0.1, 0.15) is 29.9 Å². The summed E-state index contributed by atoms with van der Waals surface area (Å²) in [5.74, 6) is 0.207. The normalized spacial score (nSPS) is 17.2. The molecule has 0 amide bonds. The number of halogens is 1. The second kappa shape index (κ2) is 2.95. The lowest BCUT2D eigenvalue weighted by atomic mass is 9.77. The van der Waals surface area contributed by atoms with Gasteiger partial charge >= 0.3 is 0 Å². The van der Waals surface area contributed by atoms with Crippen LogP contribution in [0.4, 0.5) is 4.39 Å². The van der Waals surface area contributed by atoms with E-state index in [-0.39, 0.29) is 17.5 Å². The summed E-state index contributed by atoms with van der Waals surface area (Å²) in [6.07, 6.45) is 1.03. The minimum atomic E-state index is -0.169. The minimum Gasteiger partial charge on any atom is -0.300 e. The highest BCUT2D eigenvalue weighted by Gasteiger charge is 2.30. The quantitative estimate of drug-likeness (QED) is 0.646. The first-order chi connectivity index (χ1) is 6.18. The minimum absolute atomic E-state index is 0.133. The molecule has 1 saturated carbocycles. The van der Waals surface area contributed by atoms with Gasteiger partial charge in [-0.3, -0.25) is 4.79 Å². The molecule has 1 aliphatic carbocycles. The van der Waals surface area contributed by atoms with Crippen molar-refractivity contribution in [3.63, 3.8) is 0 Å². The average molecular weight is 178 g/mol. The first kappa shape index (κ1) is 8.42. The number of Topliss-reactive ketones (excluding diaryl/α,β-unsaturated/α-hetero) is 1. The van der Waals surface area contributed by atoms with Crippen molar-refractivity contribution in [2.75, 3.05) is 0 Å². The number of hydrogen-bond acceptors (Lipinski definition) is 1. The predicted molar refractivity (Wildman–Crippen MR) is 48.1 cm³/mol. The van der Waals surface area contributed by atoms with Crippen LogP contribution < -0.4 is 0 Å². The zero-order valence-electron chi connectivity index (χ0n) is 7.51. The Labute approximate surface area is 76.6 Å². The summed E-state index contributed by atoms with van der Waals surface area (Å²) in [6.45, 7) is 1.89. The molecule has 0 radical (unpaired) electrons.